The summed E-state index contributed by atoms with van der Waals surface area (Å²) >= 11 is 5.11. The van der Waals surface area contributed by atoms with E-state index >= 15 is 0 Å². The summed E-state index contributed by atoms with van der Waals surface area (Å²) in [5, 5.41) is 11.9. The maximum atomic E-state index is 9.86. The first-order chi connectivity index (χ1) is 9.74. The van der Waals surface area contributed by atoms with Crippen LogP contribution in [0.1, 0.15) is 5.56 Å². The topological polar surface area (TPSA) is 38.1 Å². The van der Waals surface area contributed by atoms with Gasteiger partial charge in [0.05, 0.1) is 21.4 Å². The van der Waals surface area contributed by atoms with Crippen LogP contribution in [-0.2, 0) is 13.0 Å². The fourth-order valence-electron chi connectivity index (χ4n) is 2.70. The molecule has 0 unspecified atom stereocenters. The molecule has 0 radical (unpaired) electrons. The minimum absolute atomic E-state index is 0.300. The van der Waals surface area contributed by atoms with Gasteiger partial charge in [-0.25, -0.2) is 4.98 Å². The number of nitrogens with zero attached hydrogens (tertiary/aromatic N) is 2. The Labute approximate surface area is 128 Å². The third-order valence-electron chi connectivity index (χ3n) is 3.64. The Bertz CT molecular complexity index is 793. The first-order valence-electron chi connectivity index (χ1n) is 6.35. The van der Waals surface area contributed by atoms with Crippen molar-refractivity contribution in [1.82, 2.24) is 9.55 Å². The molecular weight excluding hydrogens is 336 g/mol. The van der Waals surface area contributed by atoms with E-state index in [0.717, 1.165) is 34.4 Å². The minimum atomic E-state index is 0.300. The predicted octanol–water partition coefficient (Wildman–Crippen LogP) is 4.30. The highest BCUT2D eigenvalue weighted by molar-refractivity contribution is 9.10. The molecule has 3 heterocycles. The summed E-state index contributed by atoms with van der Waals surface area (Å²) in [6, 6.07) is 7.99. The van der Waals surface area contributed by atoms with Crippen LogP contribution in [0.15, 0.2) is 40.4 Å². The molecule has 1 aliphatic rings. The number of rotatable bonds is 1. The summed E-state index contributed by atoms with van der Waals surface area (Å²) in [5.41, 5.74) is 4.51. The van der Waals surface area contributed by atoms with Crippen molar-refractivity contribution >= 4 is 27.3 Å². The van der Waals surface area contributed by atoms with Crippen LogP contribution in [0.2, 0.25) is 0 Å². The van der Waals surface area contributed by atoms with Gasteiger partial charge in [0, 0.05) is 12.1 Å². The Kier molecular flexibility index (Phi) is 2.72. The van der Waals surface area contributed by atoms with E-state index in [2.05, 4.69) is 36.9 Å². The average molecular weight is 347 g/mol. The van der Waals surface area contributed by atoms with Crippen molar-refractivity contribution in [2.24, 2.45) is 0 Å². The quantitative estimate of drug-likeness (QED) is 0.713. The number of hydrogen-bond donors (Lipinski definition) is 1. The van der Waals surface area contributed by atoms with Crippen molar-refractivity contribution in [1.29, 1.82) is 0 Å². The minimum Gasteiger partial charge on any atom is -0.507 e. The molecule has 3 aromatic rings. The number of aromatic nitrogens is 2. The Morgan fingerprint density at radius 1 is 1.35 bits per heavy atom. The zero-order chi connectivity index (χ0) is 13.7. The van der Waals surface area contributed by atoms with Gasteiger partial charge < -0.3 is 9.67 Å². The molecule has 1 aliphatic heterocycles. The van der Waals surface area contributed by atoms with Crippen molar-refractivity contribution in [3.8, 4) is 27.6 Å². The lowest BCUT2D eigenvalue weighted by Crippen LogP contribution is -2.10. The van der Waals surface area contributed by atoms with Gasteiger partial charge in [-0.3, -0.25) is 0 Å². The summed E-state index contributed by atoms with van der Waals surface area (Å²) in [5.74, 6) is 0.300. The molecule has 0 atom stereocenters. The molecule has 100 valence electrons. The van der Waals surface area contributed by atoms with Gasteiger partial charge in [-0.2, -0.15) is 0 Å². The van der Waals surface area contributed by atoms with E-state index in [-0.39, 0.29) is 0 Å². The van der Waals surface area contributed by atoms with Crippen LogP contribution in [0.3, 0.4) is 0 Å². The summed E-state index contributed by atoms with van der Waals surface area (Å²) in [6.07, 6.45) is 2.83. The third kappa shape index (κ3) is 1.73. The van der Waals surface area contributed by atoms with Crippen molar-refractivity contribution in [2.45, 2.75) is 13.0 Å². The number of hydrogen-bond acceptors (Lipinski definition) is 3. The molecular formula is C15H11BrN2OS. The van der Waals surface area contributed by atoms with Crippen LogP contribution in [0.5, 0.6) is 5.75 Å². The molecule has 0 spiro atoms. The van der Waals surface area contributed by atoms with Gasteiger partial charge in [0.2, 0.25) is 0 Å². The zero-order valence-corrected chi connectivity index (χ0v) is 12.9. The van der Waals surface area contributed by atoms with Crippen LogP contribution in [0.25, 0.3) is 21.8 Å². The molecule has 0 fully saturated rings. The SMILES string of the molecule is Oc1cc2c(cc1Br)-c1c(-c3cccs3)ncn1CC2. The summed E-state index contributed by atoms with van der Waals surface area (Å²) in [7, 11) is 0. The van der Waals surface area contributed by atoms with E-state index in [0.29, 0.717) is 5.75 Å². The smallest absolute Gasteiger partial charge is 0.130 e. The number of aryl methyl sites for hydroxylation is 2. The monoisotopic (exact) mass is 346 g/mol. The molecule has 1 N–H and O–H groups in total. The summed E-state index contributed by atoms with van der Waals surface area (Å²) < 4.78 is 2.92. The number of aromatic hydroxyl groups is 1. The molecule has 20 heavy (non-hydrogen) atoms. The molecule has 0 bridgehead atoms. The molecule has 0 aliphatic carbocycles. The van der Waals surface area contributed by atoms with Crippen molar-refractivity contribution in [3.63, 3.8) is 0 Å². The average Bonchev–Trinajstić information content (AvgIpc) is 3.07. The molecule has 0 saturated carbocycles. The van der Waals surface area contributed by atoms with Crippen LogP contribution in [0, 0.1) is 0 Å². The third-order valence-corrected chi connectivity index (χ3v) is 5.15. The van der Waals surface area contributed by atoms with E-state index in [9.17, 15) is 5.11 Å². The van der Waals surface area contributed by atoms with Crippen LogP contribution in [0.4, 0.5) is 0 Å². The molecule has 2 aromatic heterocycles. The number of fused-ring (bicyclic) bond motifs is 3. The van der Waals surface area contributed by atoms with E-state index in [4.69, 9.17) is 0 Å². The van der Waals surface area contributed by atoms with Crippen molar-refractivity contribution < 1.29 is 5.11 Å². The molecule has 3 nitrogen and oxygen atoms in total. The van der Waals surface area contributed by atoms with E-state index in [1.165, 1.54) is 10.4 Å². The maximum absolute atomic E-state index is 9.86. The number of thiophene rings is 1. The van der Waals surface area contributed by atoms with Gasteiger partial charge in [0.15, 0.2) is 0 Å². The number of halogens is 1. The van der Waals surface area contributed by atoms with E-state index in [1.807, 2.05) is 24.5 Å². The number of benzene rings is 1. The van der Waals surface area contributed by atoms with Crippen LogP contribution < -0.4 is 0 Å². The normalized spacial score (nSPS) is 13.1. The first-order valence-corrected chi connectivity index (χ1v) is 8.02. The van der Waals surface area contributed by atoms with E-state index in [1.54, 1.807) is 11.3 Å². The van der Waals surface area contributed by atoms with Gasteiger partial charge in [-0.05, 0) is 51.5 Å². The van der Waals surface area contributed by atoms with Gasteiger partial charge in [0.25, 0.3) is 0 Å². The second-order valence-electron chi connectivity index (χ2n) is 4.82. The fourth-order valence-corrected chi connectivity index (χ4v) is 3.77. The first kappa shape index (κ1) is 12.2. The second kappa shape index (κ2) is 4.46. The zero-order valence-electron chi connectivity index (χ0n) is 10.5. The second-order valence-corrected chi connectivity index (χ2v) is 6.63. The lowest BCUT2D eigenvalue weighted by atomic mass is 9.96. The highest BCUT2D eigenvalue weighted by Crippen LogP contribution is 2.41. The fraction of sp³-hybridized carbons (Fsp3) is 0.133. The van der Waals surface area contributed by atoms with Crippen LogP contribution >= 0.6 is 27.3 Å². The number of imidazole rings is 1. The maximum Gasteiger partial charge on any atom is 0.130 e. The Morgan fingerprint density at radius 2 is 2.25 bits per heavy atom. The number of phenols is 1. The van der Waals surface area contributed by atoms with Crippen molar-refractivity contribution in [3.05, 3.63) is 46.0 Å². The Hall–Kier alpha value is -1.59. The standard InChI is InChI=1S/C15H11BrN2OS/c16-11-7-10-9(6-12(11)19)3-4-18-8-17-14(15(10)18)13-2-1-5-20-13/h1-2,5-8,19H,3-4H2. The molecule has 0 saturated heterocycles. The lowest BCUT2D eigenvalue weighted by molar-refractivity contribution is 0.470. The van der Waals surface area contributed by atoms with Gasteiger partial charge in [-0.1, -0.05) is 6.07 Å². The largest absolute Gasteiger partial charge is 0.507 e. The summed E-state index contributed by atoms with van der Waals surface area (Å²) in [4.78, 5) is 5.76. The highest BCUT2D eigenvalue weighted by atomic mass is 79.9. The summed E-state index contributed by atoms with van der Waals surface area (Å²) in [6.45, 7) is 0.905. The predicted molar refractivity (Wildman–Crippen MR) is 84.0 cm³/mol. The highest BCUT2D eigenvalue weighted by Gasteiger charge is 2.23. The van der Waals surface area contributed by atoms with Gasteiger partial charge in [0.1, 0.15) is 11.4 Å². The van der Waals surface area contributed by atoms with E-state index < -0.39 is 0 Å². The lowest BCUT2D eigenvalue weighted by Gasteiger charge is -2.20. The number of phenolic OH excluding ortho intramolecular Hbond substituents is 1. The Morgan fingerprint density at radius 3 is 3.05 bits per heavy atom. The van der Waals surface area contributed by atoms with Gasteiger partial charge >= 0.3 is 0 Å². The van der Waals surface area contributed by atoms with Gasteiger partial charge in [-0.15, -0.1) is 11.3 Å². The molecule has 5 heteroatoms. The van der Waals surface area contributed by atoms with Crippen LogP contribution in [-0.4, -0.2) is 14.7 Å². The Balaban J connectivity index is 1.99. The molecule has 4 rings (SSSR count). The molecule has 0 amide bonds. The van der Waals surface area contributed by atoms with Crippen molar-refractivity contribution in [2.75, 3.05) is 0 Å². The molecule has 1 aromatic carbocycles.